The molecule has 0 amide bonds. The molecule has 58 heavy (non-hydrogen) atoms. The number of anilines is 2. The summed E-state index contributed by atoms with van der Waals surface area (Å²) < 4.78 is 62.8. The highest BCUT2D eigenvalue weighted by atomic mass is 19.4. The van der Waals surface area contributed by atoms with Crippen molar-refractivity contribution in [2.75, 3.05) is 11.1 Å². The maximum absolute atomic E-state index is 14.2. The Hall–Kier alpha value is -7.48. The van der Waals surface area contributed by atoms with E-state index in [9.17, 15) is 37.0 Å². The highest BCUT2D eigenvalue weighted by Gasteiger charge is 2.33. The summed E-state index contributed by atoms with van der Waals surface area (Å²) in [4.78, 5) is 26.4. The lowest BCUT2D eigenvalue weighted by Crippen LogP contribution is -2.14. The third-order valence-corrected chi connectivity index (χ3v) is 8.31. The van der Waals surface area contributed by atoms with E-state index in [1.807, 2.05) is 78.9 Å². The van der Waals surface area contributed by atoms with E-state index < -0.39 is 23.6 Å². The van der Waals surface area contributed by atoms with Gasteiger partial charge in [-0.3, -0.25) is 14.8 Å². The van der Waals surface area contributed by atoms with Crippen LogP contribution in [-0.2, 0) is 6.18 Å². The number of hydrogen-bond acceptors (Lipinski definition) is 9. The van der Waals surface area contributed by atoms with Crippen LogP contribution in [0.15, 0.2) is 152 Å². The fraction of sp³-hybridized carbons (Fsp3) is 0.0682. The van der Waals surface area contributed by atoms with Crippen molar-refractivity contribution >= 4 is 39.7 Å². The van der Waals surface area contributed by atoms with Crippen molar-refractivity contribution in [3.8, 4) is 11.5 Å². The number of aromatic nitrogens is 4. The first-order chi connectivity index (χ1) is 27.8. The van der Waals surface area contributed by atoms with Crippen molar-refractivity contribution in [1.29, 1.82) is 0 Å². The first kappa shape index (κ1) is 41.7. The van der Waals surface area contributed by atoms with Crippen molar-refractivity contribution < 1.29 is 37.0 Å². The molecule has 0 spiro atoms. The standard InChI is InChI=1S/C22H18FN3O.C9H7NO.C8H4F4O.C5H6N2/c1-14-7-8-16(13-18(14)23)20(26-19-6-2-3-11-24-19)17-10-9-15-5-4-12-25-21(15)22(17)27;11-8-5-1-3-7-4-2-6-10-9(7)8;9-7-3-5(4-13)1-2-6(7)8(10,11)12;6-5-3-1-2-4-7-5/h2-13,20,27H,1H3,(H,24,26);1-6,11H;1-4H;1-4H,(H2,6,7). The fourth-order valence-electron chi connectivity index (χ4n) is 5.40. The second kappa shape index (κ2) is 19.4. The van der Waals surface area contributed by atoms with Crippen molar-refractivity contribution in [1.82, 2.24) is 19.9 Å². The summed E-state index contributed by atoms with van der Waals surface area (Å²) in [6.45, 7) is 1.72. The van der Waals surface area contributed by atoms with Gasteiger partial charge in [-0.15, -0.1) is 0 Å². The number of carbonyl (C=O) groups is 1. The molecule has 8 rings (SSSR count). The number of aromatic hydroxyl groups is 2. The number of phenols is 2. The Morgan fingerprint density at radius 1 is 0.672 bits per heavy atom. The quantitative estimate of drug-likeness (QED) is 0.0988. The van der Waals surface area contributed by atoms with Crippen molar-refractivity contribution in [3.05, 3.63) is 192 Å². The average molecular weight is 791 g/mol. The van der Waals surface area contributed by atoms with Crippen LogP contribution in [0, 0.1) is 18.6 Å². The van der Waals surface area contributed by atoms with Gasteiger partial charge >= 0.3 is 6.18 Å². The number of carbonyl (C=O) groups excluding carboxylic acids is 1. The zero-order valence-electron chi connectivity index (χ0n) is 30.6. The molecule has 0 aliphatic heterocycles. The van der Waals surface area contributed by atoms with E-state index in [1.165, 1.54) is 6.07 Å². The summed E-state index contributed by atoms with van der Waals surface area (Å²) >= 11 is 0. The number of fused-ring (bicyclic) bond motifs is 2. The molecule has 5 N–H and O–H groups in total. The first-order valence-electron chi connectivity index (χ1n) is 17.4. The molecule has 0 radical (unpaired) electrons. The molecule has 4 aromatic heterocycles. The zero-order valence-corrected chi connectivity index (χ0v) is 30.6. The Bertz CT molecular complexity index is 2590. The second-order valence-electron chi connectivity index (χ2n) is 12.3. The molecule has 0 saturated heterocycles. The Balaban J connectivity index is 0.000000170. The van der Waals surface area contributed by atoms with E-state index in [0.717, 1.165) is 16.8 Å². The van der Waals surface area contributed by atoms with Gasteiger partial charge in [-0.1, -0.05) is 66.7 Å². The summed E-state index contributed by atoms with van der Waals surface area (Å²) in [5, 5.41) is 25.3. The maximum atomic E-state index is 14.2. The van der Waals surface area contributed by atoms with E-state index in [1.54, 1.807) is 56.0 Å². The number of alkyl halides is 3. The number of para-hydroxylation sites is 1. The molecule has 9 nitrogen and oxygen atoms in total. The van der Waals surface area contributed by atoms with Crippen LogP contribution >= 0.6 is 0 Å². The van der Waals surface area contributed by atoms with Crippen LogP contribution in [0.2, 0.25) is 0 Å². The van der Waals surface area contributed by atoms with E-state index in [-0.39, 0.29) is 29.2 Å². The normalized spacial score (nSPS) is 11.1. The Labute approximate surface area is 329 Å². The molecule has 1 atom stereocenters. The lowest BCUT2D eigenvalue weighted by molar-refractivity contribution is -0.140. The van der Waals surface area contributed by atoms with Gasteiger partial charge in [0.2, 0.25) is 0 Å². The highest BCUT2D eigenvalue weighted by molar-refractivity contribution is 5.86. The topological polar surface area (TPSA) is 147 Å². The number of nitrogens with one attached hydrogen (secondary N) is 1. The number of halogens is 5. The molecule has 8 aromatic rings. The number of hydrogen-bond donors (Lipinski definition) is 4. The summed E-state index contributed by atoms with van der Waals surface area (Å²) in [6, 6.07) is 34.1. The smallest absolute Gasteiger partial charge is 0.419 e. The zero-order chi connectivity index (χ0) is 41.7. The minimum Gasteiger partial charge on any atom is -0.506 e. The third kappa shape index (κ3) is 11.1. The van der Waals surface area contributed by atoms with Crippen LogP contribution in [0.4, 0.5) is 33.6 Å². The third-order valence-electron chi connectivity index (χ3n) is 8.31. The summed E-state index contributed by atoms with van der Waals surface area (Å²) in [6.07, 6.45) is 2.21. The molecule has 0 aliphatic carbocycles. The van der Waals surface area contributed by atoms with E-state index in [2.05, 4.69) is 25.3 Å². The number of nitrogens with zero attached hydrogens (tertiary/aromatic N) is 4. The number of rotatable bonds is 5. The van der Waals surface area contributed by atoms with Crippen LogP contribution in [0.3, 0.4) is 0 Å². The fourth-order valence-corrected chi connectivity index (χ4v) is 5.40. The van der Waals surface area contributed by atoms with E-state index in [4.69, 9.17) is 5.73 Å². The molecule has 14 heteroatoms. The molecular weight excluding hydrogens is 756 g/mol. The maximum Gasteiger partial charge on any atom is 0.419 e. The largest absolute Gasteiger partial charge is 0.506 e. The Kier molecular flexibility index (Phi) is 13.9. The molecule has 0 fully saturated rings. The summed E-state index contributed by atoms with van der Waals surface area (Å²) in [5.74, 6) is -0.215. The van der Waals surface area contributed by atoms with Gasteiger partial charge in [0.05, 0.1) is 11.6 Å². The number of pyridine rings is 4. The summed E-state index contributed by atoms with van der Waals surface area (Å²) in [7, 11) is 0. The van der Waals surface area contributed by atoms with Crippen molar-refractivity contribution in [3.63, 3.8) is 0 Å². The molecule has 4 heterocycles. The van der Waals surface area contributed by atoms with Crippen LogP contribution in [0.25, 0.3) is 21.8 Å². The van der Waals surface area contributed by atoms with Gasteiger partial charge in [0, 0.05) is 46.7 Å². The number of benzene rings is 4. The minimum absolute atomic E-state index is 0.0718. The molecule has 294 valence electrons. The van der Waals surface area contributed by atoms with Gasteiger partial charge in [0.1, 0.15) is 52.1 Å². The van der Waals surface area contributed by atoms with Crippen LogP contribution < -0.4 is 11.1 Å². The highest BCUT2D eigenvalue weighted by Crippen LogP contribution is 2.37. The van der Waals surface area contributed by atoms with E-state index >= 15 is 0 Å². The van der Waals surface area contributed by atoms with Crippen molar-refractivity contribution in [2.45, 2.75) is 19.1 Å². The number of aldehydes is 1. The van der Waals surface area contributed by atoms with Gasteiger partial charge in [0.15, 0.2) is 0 Å². The van der Waals surface area contributed by atoms with Crippen LogP contribution in [0.1, 0.15) is 38.7 Å². The lowest BCUT2D eigenvalue weighted by atomic mass is 9.95. The molecule has 0 aliphatic rings. The molecule has 0 saturated carbocycles. The van der Waals surface area contributed by atoms with Gasteiger partial charge < -0.3 is 21.3 Å². The second-order valence-corrected chi connectivity index (χ2v) is 12.3. The molecule has 0 bridgehead atoms. The minimum atomic E-state index is -4.72. The van der Waals surface area contributed by atoms with Crippen LogP contribution in [0.5, 0.6) is 11.5 Å². The molecule has 1 unspecified atom stereocenters. The predicted octanol–water partition coefficient (Wildman–Crippen LogP) is 10.2. The van der Waals surface area contributed by atoms with Crippen molar-refractivity contribution in [2.24, 2.45) is 0 Å². The number of nitrogen functional groups attached to an aromatic ring is 1. The monoisotopic (exact) mass is 790 g/mol. The Morgan fingerprint density at radius 3 is 1.90 bits per heavy atom. The van der Waals surface area contributed by atoms with Crippen LogP contribution in [-0.4, -0.2) is 36.4 Å². The summed E-state index contributed by atoms with van der Waals surface area (Å²) in [5.41, 5.74) is 6.80. The number of aryl methyl sites for hydroxylation is 1. The molecular formula is C44H35F5N6O3. The SMILES string of the molecule is Cc1ccc(C(Nc2ccccn2)c2ccc3cccnc3c2O)cc1F.Nc1ccccn1.O=Cc1ccc(C(F)(F)F)c(F)c1.Oc1cccc2cccnc12. The van der Waals surface area contributed by atoms with Gasteiger partial charge in [-0.25, -0.2) is 18.7 Å². The predicted molar refractivity (Wildman–Crippen MR) is 213 cm³/mol. The van der Waals surface area contributed by atoms with Gasteiger partial charge in [-0.2, -0.15) is 13.2 Å². The first-order valence-corrected chi connectivity index (χ1v) is 17.4. The average Bonchev–Trinajstić information content (AvgIpc) is 3.22. The lowest BCUT2D eigenvalue weighted by Gasteiger charge is -2.22. The number of phenolic OH excluding ortho intramolecular Hbond substituents is 2. The Morgan fingerprint density at radius 2 is 1.33 bits per heavy atom. The molecule has 4 aromatic carbocycles. The van der Waals surface area contributed by atoms with E-state index in [0.29, 0.717) is 51.5 Å². The van der Waals surface area contributed by atoms with Gasteiger partial charge in [0.25, 0.3) is 0 Å². The van der Waals surface area contributed by atoms with Gasteiger partial charge in [-0.05, 0) is 78.7 Å². The number of nitrogens with two attached hydrogens (primary N) is 1.